The number of rotatable bonds is 3. The van der Waals surface area contributed by atoms with Crippen LogP contribution in [0.15, 0.2) is 0 Å². The SMILES string of the molecule is CC(CCl)C(=O)Nc1nnn(C)n1. The smallest absolute Gasteiger partial charge is 0.270 e. The van der Waals surface area contributed by atoms with E-state index in [0.717, 1.165) is 0 Å². The Kier molecular flexibility index (Phi) is 3.18. The van der Waals surface area contributed by atoms with Crippen LogP contribution in [0.5, 0.6) is 0 Å². The number of amides is 1. The van der Waals surface area contributed by atoms with Gasteiger partial charge in [-0.2, -0.15) is 4.80 Å². The molecule has 0 fully saturated rings. The predicted molar refractivity (Wildman–Crippen MR) is 47.3 cm³/mol. The lowest BCUT2D eigenvalue weighted by Crippen LogP contribution is -2.22. The van der Waals surface area contributed by atoms with Gasteiger partial charge in [0.1, 0.15) is 0 Å². The van der Waals surface area contributed by atoms with E-state index in [-0.39, 0.29) is 23.7 Å². The highest BCUT2D eigenvalue weighted by molar-refractivity contribution is 6.19. The molecule has 6 nitrogen and oxygen atoms in total. The molecule has 1 rings (SSSR count). The Morgan fingerprint density at radius 1 is 1.77 bits per heavy atom. The van der Waals surface area contributed by atoms with Crippen LogP contribution in [0.2, 0.25) is 0 Å². The van der Waals surface area contributed by atoms with Crippen molar-refractivity contribution in [3.05, 3.63) is 0 Å². The number of tetrazole rings is 1. The second-order valence-electron chi connectivity index (χ2n) is 2.65. The summed E-state index contributed by atoms with van der Waals surface area (Å²) < 4.78 is 0. The van der Waals surface area contributed by atoms with E-state index in [1.165, 1.54) is 4.80 Å². The zero-order valence-electron chi connectivity index (χ0n) is 7.36. The van der Waals surface area contributed by atoms with Gasteiger partial charge in [0.15, 0.2) is 0 Å². The molecule has 0 spiro atoms. The van der Waals surface area contributed by atoms with Gasteiger partial charge in [0.2, 0.25) is 5.91 Å². The number of hydrogen-bond acceptors (Lipinski definition) is 4. The number of aryl methyl sites for hydroxylation is 1. The summed E-state index contributed by atoms with van der Waals surface area (Å²) in [4.78, 5) is 12.5. The third kappa shape index (κ3) is 2.66. The van der Waals surface area contributed by atoms with Gasteiger partial charge in [-0.1, -0.05) is 12.0 Å². The van der Waals surface area contributed by atoms with Gasteiger partial charge >= 0.3 is 0 Å². The third-order valence-electron chi connectivity index (χ3n) is 1.42. The topological polar surface area (TPSA) is 72.7 Å². The molecule has 0 saturated heterocycles. The highest BCUT2D eigenvalue weighted by Gasteiger charge is 2.13. The van der Waals surface area contributed by atoms with Crippen molar-refractivity contribution in [1.29, 1.82) is 0 Å². The average molecular weight is 204 g/mol. The Balaban J connectivity index is 2.54. The molecule has 1 heterocycles. The number of nitrogens with zero attached hydrogens (tertiary/aromatic N) is 4. The molecule has 1 unspecified atom stereocenters. The van der Waals surface area contributed by atoms with Gasteiger partial charge in [-0.05, 0) is 5.21 Å². The van der Waals surface area contributed by atoms with Crippen LogP contribution in [0.25, 0.3) is 0 Å². The molecule has 13 heavy (non-hydrogen) atoms. The summed E-state index contributed by atoms with van der Waals surface area (Å²) in [5.74, 6) is 0.00414. The summed E-state index contributed by atoms with van der Waals surface area (Å²) in [6, 6.07) is 0. The van der Waals surface area contributed by atoms with Crippen molar-refractivity contribution in [3.63, 3.8) is 0 Å². The molecule has 0 bridgehead atoms. The van der Waals surface area contributed by atoms with Gasteiger partial charge in [-0.15, -0.1) is 16.7 Å². The maximum absolute atomic E-state index is 11.2. The number of anilines is 1. The average Bonchev–Trinajstić information content (AvgIpc) is 2.49. The van der Waals surface area contributed by atoms with Crippen molar-refractivity contribution >= 4 is 23.5 Å². The molecular weight excluding hydrogens is 194 g/mol. The second-order valence-corrected chi connectivity index (χ2v) is 2.96. The molecule has 1 aromatic rings. The first kappa shape index (κ1) is 9.91. The van der Waals surface area contributed by atoms with Gasteiger partial charge in [0.05, 0.1) is 7.05 Å². The van der Waals surface area contributed by atoms with Crippen molar-refractivity contribution in [2.24, 2.45) is 13.0 Å². The molecule has 0 aliphatic heterocycles. The molecule has 72 valence electrons. The molecule has 1 amide bonds. The fourth-order valence-electron chi connectivity index (χ4n) is 0.638. The van der Waals surface area contributed by atoms with Gasteiger partial charge in [0.25, 0.3) is 5.95 Å². The molecule has 0 aliphatic carbocycles. The van der Waals surface area contributed by atoms with E-state index in [1.54, 1.807) is 14.0 Å². The van der Waals surface area contributed by atoms with Crippen LogP contribution in [0.1, 0.15) is 6.92 Å². The van der Waals surface area contributed by atoms with Crippen LogP contribution in [0.3, 0.4) is 0 Å². The van der Waals surface area contributed by atoms with Crippen molar-refractivity contribution in [3.8, 4) is 0 Å². The summed E-state index contributed by atoms with van der Waals surface area (Å²) in [7, 11) is 1.62. The molecule has 7 heteroatoms. The van der Waals surface area contributed by atoms with Crippen LogP contribution in [0, 0.1) is 5.92 Å². The van der Waals surface area contributed by atoms with E-state index in [0.29, 0.717) is 0 Å². The number of aromatic nitrogens is 4. The first-order valence-electron chi connectivity index (χ1n) is 3.74. The first-order valence-corrected chi connectivity index (χ1v) is 4.27. The molecule has 0 radical (unpaired) electrons. The Labute approximate surface area is 80.3 Å². The Morgan fingerprint density at radius 3 is 2.92 bits per heavy atom. The molecule has 1 atom stereocenters. The Bertz CT molecular complexity index is 299. The summed E-state index contributed by atoms with van der Waals surface area (Å²) in [6.07, 6.45) is 0. The standard InChI is InChI=1S/C6H10ClN5O/c1-4(3-7)5(13)8-6-9-11-12(2)10-6/h4H,3H2,1-2H3,(H,8,10,13). The molecule has 1 aromatic heterocycles. The highest BCUT2D eigenvalue weighted by atomic mass is 35.5. The van der Waals surface area contributed by atoms with Crippen LogP contribution < -0.4 is 5.32 Å². The Hall–Kier alpha value is -1.17. The fourth-order valence-corrected chi connectivity index (χ4v) is 0.778. The number of carbonyl (C=O) groups excluding carboxylic acids is 1. The van der Waals surface area contributed by atoms with Crippen LogP contribution >= 0.6 is 11.6 Å². The molecule has 0 saturated carbocycles. The van der Waals surface area contributed by atoms with Gasteiger partial charge in [0, 0.05) is 11.8 Å². The lowest BCUT2D eigenvalue weighted by atomic mass is 10.2. The normalized spacial score (nSPS) is 12.5. The highest BCUT2D eigenvalue weighted by Crippen LogP contribution is 2.01. The van der Waals surface area contributed by atoms with Gasteiger partial charge in [-0.25, -0.2) is 0 Å². The van der Waals surface area contributed by atoms with E-state index in [4.69, 9.17) is 11.6 Å². The summed E-state index contributed by atoms with van der Waals surface area (Å²) in [5, 5.41) is 13.4. The number of alkyl halides is 1. The van der Waals surface area contributed by atoms with E-state index >= 15 is 0 Å². The minimum absolute atomic E-state index is 0.199. The molecular formula is C6H10ClN5O. The molecule has 0 aliphatic rings. The third-order valence-corrected chi connectivity index (χ3v) is 1.89. The van der Waals surface area contributed by atoms with Gasteiger partial charge in [-0.3, -0.25) is 10.1 Å². The minimum atomic E-state index is -0.259. The summed E-state index contributed by atoms with van der Waals surface area (Å²) in [6.45, 7) is 1.72. The largest absolute Gasteiger partial charge is 0.292 e. The monoisotopic (exact) mass is 203 g/mol. The van der Waals surface area contributed by atoms with Gasteiger partial charge < -0.3 is 0 Å². The summed E-state index contributed by atoms with van der Waals surface area (Å²) >= 11 is 5.50. The van der Waals surface area contributed by atoms with Crippen molar-refractivity contribution in [2.75, 3.05) is 11.2 Å². The number of nitrogens with one attached hydrogen (secondary N) is 1. The van der Waals surface area contributed by atoms with E-state index in [9.17, 15) is 4.79 Å². The van der Waals surface area contributed by atoms with Crippen LogP contribution in [-0.2, 0) is 11.8 Å². The predicted octanol–water partition coefficient (Wildman–Crippen LogP) is 0.0235. The van der Waals surface area contributed by atoms with E-state index < -0.39 is 0 Å². The molecule has 0 aromatic carbocycles. The number of halogens is 1. The summed E-state index contributed by atoms with van der Waals surface area (Å²) in [5.41, 5.74) is 0. The lowest BCUT2D eigenvalue weighted by Gasteiger charge is -2.04. The van der Waals surface area contributed by atoms with E-state index in [2.05, 4.69) is 20.7 Å². The number of hydrogen-bond donors (Lipinski definition) is 1. The second kappa shape index (κ2) is 4.18. The zero-order chi connectivity index (χ0) is 9.84. The van der Waals surface area contributed by atoms with Crippen molar-refractivity contribution < 1.29 is 4.79 Å². The fraction of sp³-hybridized carbons (Fsp3) is 0.667. The van der Waals surface area contributed by atoms with Crippen molar-refractivity contribution in [2.45, 2.75) is 6.92 Å². The van der Waals surface area contributed by atoms with Crippen LogP contribution in [-0.4, -0.2) is 32.0 Å². The quantitative estimate of drug-likeness (QED) is 0.704. The Morgan fingerprint density at radius 2 is 2.46 bits per heavy atom. The maximum Gasteiger partial charge on any atom is 0.270 e. The molecule has 1 N–H and O–H groups in total. The maximum atomic E-state index is 11.2. The zero-order valence-corrected chi connectivity index (χ0v) is 8.12. The van der Waals surface area contributed by atoms with E-state index in [1.807, 2.05) is 0 Å². The first-order chi connectivity index (χ1) is 6.13. The number of carbonyl (C=O) groups is 1. The minimum Gasteiger partial charge on any atom is -0.292 e. The van der Waals surface area contributed by atoms with Crippen molar-refractivity contribution in [1.82, 2.24) is 20.2 Å². The lowest BCUT2D eigenvalue weighted by molar-refractivity contribution is -0.118. The van der Waals surface area contributed by atoms with Crippen LogP contribution in [0.4, 0.5) is 5.95 Å².